The number of hydrogen-bond acceptors (Lipinski definition) is 9. The monoisotopic (exact) mass is 628 g/mol. The Hall–Kier alpha value is -4.46. The second-order valence-corrected chi connectivity index (χ2v) is 11.0. The zero-order chi connectivity index (χ0) is 32.2. The summed E-state index contributed by atoms with van der Waals surface area (Å²) >= 11 is 0. The number of carbonyl (C=O) groups excluding carboxylic acids is 1. The quantitative estimate of drug-likeness (QED) is 0.388. The second-order valence-electron chi connectivity index (χ2n) is 11.0. The highest BCUT2D eigenvalue weighted by Gasteiger charge is 2.52. The Kier molecular flexibility index (Phi) is 9.42. The Morgan fingerprint density at radius 1 is 1.16 bits per heavy atom. The number of hydrogen-bond donors (Lipinski definition) is 2. The number of piperidine rings is 1. The maximum Gasteiger partial charge on any atom is 0.435 e. The number of pyridine rings is 3. The largest absolute Gasteiger partial charge is 0.483 e. The lowest BCUT2D eigenvalue weighted by Crippen LogP contribution is -2.58. The number of ether oxygens (including phenoxy) is 2. The topological polar surface area (TPSA) is 130 Å². The Bertz CT molecular complexity index is 1520. The summed E-state index contributed by atoms with van der Waals surface area (Å²) < 4.78 is 52.6. The van der Waals surface area contributed by atoms with E-state index >= 15 is 0 Å². The number of nitrogens with one attached hydrogen (secondary N) is 1. The third kappa shape index (κ3) is 6.23. The van der Waals surface area contributed by atoms with Crippen LogP contribution in [0.1, 0.15) is 43.1 Å². The first-order valence-electron chi connectivity index (χ1n) is 14.7. The van der Waals surface area contributed by atoms with Gasteiger partial charge in [-0.2, -0.15) is 13.2 Å². The van der Waals surface area contributed by atoms with Crippen LogP contribution in [0.15, 0.2) is 42.6 Å². The maximum atomic E-state index is 14.3. The molecule has 1 spiro atoms. The molecular formula is C31H35F3N6O5. The predicted octanol–water partition coefficient (Wildman–Crippen LogP) is 3.91. The molecule has 45 heavy (non-hydrogen) atoms. The first-order chi connectivity index (χ1) is 21.7. The van der Waals surface area contributed by atoms with Crippen LogP contribution in [-0.4, -0.2) is 83.3 Å². The number of carbonyl (C=O) groups is 2. The van der Waals surface area contributed by atoms with Gasteiger partial charge in [0.05, 0.1) is 48.3 Å². The maximum absolute atomic E-state index is 14.3. The van der Waals surface area contributed by atoms with Gasteiger partial charge in [-0.3, -0.25) is 14.6 Å². The minimum absolute atomic E-state index is 0.00742. The average Bonchev–Trinajstić information content (AvgIpc) is 3.58. The number of rotatable bonds is 6. The molecule has 3 aliphatic heterocycles. The fourth-order valence-electron chi connectivity index (χ4n) is 6.49. The Balaban J connectivity index is 0.00000128. The third-order valence-electron chi connectivity index (χ3n) is 8.57. The molecule has 3 aliphatic rings. The molecule has 1 amide bonds. The number of amides is 1. The van der Waals surface area contributed by atoms with E-state index in [0.29, 0.717) is 44.1 Å². The summed E-state index contributed by atoms with van der Waals surface area (Å²) in [5.74, 6) is 0.422. The van der Waals surface area contributed by atoms with Gasteiger partial charge in [-0.15, -0.1) is 0 Å². The molecule has 3 aromatic heterocycles. The lowest BCUT2D eigenvalue weighted by molar-refractivity contribution is -0.143. The molecule has 0 radical (unpaired) electrons. The molecule has 3 aromatic rings. The molecule has 11 nitrogen and oxygen atoms in total. The van der Waals surface area contributed by atoms with E-state index in [1.165, 1.54) is 19.2 Å². The number of fused-ring (bicyclic) bond motifs is 2. The highest BCUT2D eigenvalue weighted by molar-refractivity contribution is 5.91. The van der Waals surface area contributed by atoms with Crippen LogP contribution in [-0.2, 0) is 27.7 Å². The molecule has 2 saturated heterocycles. The number of anilines is 1. The molecule has 0 bridgehead atoms. The van der Waals surface area contributed by atoms with Gasteiger partial charge < -0.3 is 29.7 Å². The zero-order valence-corrected chi connectivity index (χ0v) is 25.0. The van der Waals surface area contributed by atoms with E-state index in [-0.39, 0.29) is 43.1 Å². The molecule has 2 N–H and O–H groups in total. The molecule has 14 heteroatoms. The first kappa shape index (κ1) is 31.9. The number of aromatic nitrogens is 3. The summed E-state index contributed by atoms with van der Waals surface area (Å²) in [6, 6.07) is 10.5. The van der Waals surface area contributed by atoms with Gasteiger partial charge in [-0.1, -0.05) is 6.07 Å². The summed E-state index contributed by atoms with van der Waals surface area (Å²) in [6.45, 7) is 4.54. The highest BCUT2D eigenvalue weighted by atomic mass is 19.4. The summed E-state index contributed by atoms with van der Waals surface area (Å²) in [5, 5.41) is 10.2. The Morgan fingerprint density at radius 3 is 2.56 bits per heavy atom. The van der Waals surface area contributed by atoms with Crippen LogP contribution < -0.4 is 19.7 Å². The van der Waals surface area contributed by atoms with Gasteiger partial charge >= 0.3 is 6.18 Å². The van der Waals surface area contributed by atoms with E-state index in [4.69, 9.17) is 24.4 Å². The van der Waals surface area contributed by atoms with Crippen molar-refractivity contribution in [2.24, 2.45) is 0 Å². The highest BCUT2D eigenvalue weighted by Crippen LogP contribution is 2.46. The Morgan fingerprint density at radius 2 is 1.91 bits per heavy atom. The van der Waals surface area contributed by atoms with Crippen molar-refractivity contribution >= 4 is 18.1 Å². The van der Waals surface area contributed by atoms with E-state index in [2.05, 4.69) is 15.3 Å². The van der Waals surface area contributed by atoms with E-state index in [1.807, 2.05) is 36.1 Å². The molecule has 6 heterocycles. The number of alkyl halides is 3. The van der Waals surface area contributed by atoms with Crippen LogP contribution in [0.2, 0.25) is 0 Å². The molecule has 1 unspecified atom stereocenters. The fraction of sp³-hybridized carbons (Fsp3) is 0.452. The van der Waals surface area contributed by atoms with Gasteiger partial charge in [0.2, 0.25) is 17.7 Å². The van der Waals surface area contributed by atoms with E-state index in [9.17, 15) is 18.0 Å². The molecule has 0 aliphatic carbocycles. The van der Waals surface area contributed by atoms with Crippen LogP contribution in [0.4, 0.5) is 18.9 Å². The minimum atomic E-state index is -4.65. The first-order valence-corrected chi connectivity index (χ1v) is 14.7. The van der Waals surface area contributed by atoms with Crippen molar-refractivity contribution in [2.75, 3.05) is 44.8 Å². The summed E-state index contributed by atoms with van der Waals surface area (Å²) in [6.07, 6.45) is -1.42. The SMILES string of the molecule is CCOc1ncccc1-c1ccc2c(n1)CN(C1CCNC1)C(=O)C21CCN(c2ccc(OC)nc2C(F)(F)F)CC1.O=CO. The van der Waals surface area contributed by atoms with Gasteiger partial charge in [-0.25, -0.2) is 9.97 Å². The number of methoxy groups -OCH3 is 1. The summed E-state index contributed by atoms with van der Waals surface area (Å²) in [4.78, 5) is 39.4. The number of nitrogens with zero attached hydrogens (tertiary/aromatic N) is 5. The van der Waals surface area contributed by atoms with Crippen molar-refractivity contribution < 1.29 is 37.3 Å². The molecule has 0 aromatic carbocycles. The standard InChI is InChI=1S/C30H33F3N6O3.CH2O2/c1-3-42-27-20(5-4-13-35-27)22-7-6-21-23(36-22)18-39(19-10-14-34-17-19)28(40)29(21)11-15-38(16-12-29)24-8-9-25(41-2)37-26(24)30(31,32)33;2-1-3/h4-9,13,19,34H,3,10-12,14-18H2,1-2H3;1H,(H,2,3). The zero-order valence-electron chi connectivity index (χ0n) is 25.0. The van der Waals surface area contributed by atoms with Crippen molar-refractivity contribution in [1.82, 2.24) is 25.2 Å². The number of carboxylic acid groups (broad SMARTS) is 1. The summed E-state index contributed by atoms with van der Waals surface area (Å²) in [5.41, 5.74) is 1.25. The molecular weight excluding hydrogens is 593 g/mol. The van der Waals surface area contributed by atoms with E-state index < -0.39 is 17.3 Å². The van der Waals surface area contributed by atoms with Gasteiger partial charge in [0.25, 0.3) is 6.47 Å². The second kappa shape index (κ2) is 13.3. The number of halogens is 3. The lowest BCUT2D eigenvalue weighted by atomic mass is 9.68. The molecule has 0 saturated carbocycles. The predicted molar refractivity (Wildman–Crippen MR) is 158 cm³/mol. The molecule has 240 valence electrons. The summed E-state index contributed by atoms with van der Waals surface area (Å²) in [7, 11) is 1.29. The van der Waals surface area contributed by atoms with E-state index in [1.54, 1.807) is 11.1 Å². The minimum Gasteiger partial charge on any atom is -0.483 e. The van der Waals surface area contributed by atoms with Crippen molar-refractivity contribution in [3.05, 3.63) is 59.5 Å². The van der Waals surface area contributed by atoms with Crippen LogP contribution in [0.3, 0.4) is 0 Å². The Labute approximate surface area is 258 Å². The van der Waals surface area contributed by atoms with Crippen molar-refractivity contribution in [3.8, 4) is 23.0 Å². The normalized spacial score (nSPS) is 19.0. The molecule has 1 atom stereocenters. The van der Waals surface area contributed by atoms with E-state index in [0.717, 1.165) is 29.8 Å². The van der Waals surface area contributed by atoms with Crippen LogP contribution >= 0.6 is 0 Å². The van der Waals surface area contributed by atoms with Crippen molar-refractivity contribution in [3.63, 3.8) is 0 Å². The van der Waals surface area contributed by atoms with Gasteiger partial charge in [0.15, 0.2) is 5.69 Å². The van der Waals surface area contributed by atoms with Crippen LogP contribution in [0, 0.1) is 0 Å². The smallest absolute Gasteiger partial charge is 0.435 e. The van der Waals surface area contributed by atoms with Crippen molar-refractivity contribution in [1.29, 1.82) is 0 Å². The van der Waals surface area contributed by atoms with Crippen LogP contribution in [0.5, 0.6) is 11.8 Å². The fourth-order valence-corrected chi connectivity index (χ4v) is 6.49. The third-order valence-corrected chi connectivity index (χ3v) is 8.57. The van der Waals surface area contributed by atoms with Gasteiger partial charge in [-0.05, 0) is 62.6 Å². The molecule has 6 rings (SSSR count). The van der Waals surface area contributed by atoms with Crippen molar-refractivity contribution in [2.45, 2.75) is 50.4 Å². The van der Waals surface area contributed by atoms with Gasteiger partial charge in [0, 0.05) is 37.9 Å². The molecule has 2 fully saturated rings. The van der Waals surface area contributed by atoms with Gasteiger partial charge in [0.1, 0.15) is 0 Å². The van der Waals surface area contributed by atoms with Crippen LogP contribution in [0.25, 0.3) is 11.3 Å². The average molecular weight is 629 g/mol. The lowest BCUT2D eigenvalue weighted by Gasteiger charge is -2.49.